The van der Waals surface area contributed by atoms with Crippen molar-refractivity contribution < 1.29 is 9.53 Å². The molecule has 2 aliphatic heterocycles. The molecule has 1 spiro atoms. The molecule has 242 valence electrons. The lowest BCUT2D eigenvalue weighted by Gasteiger charge is -2.55. The van der Waals surface area contributed by atoms with Gasteiger partial charge in [-0.05, 0) is 62.6 Å². The Morgan fingerprint density at radius 3 is 2.49 bits per heavy atom. The molecular formula is C35H40N10O2. The monoisotopic (exact) mass is 632 g/mol. The minimum absolute atomic E-state index is 0.0209. The molecule has 1 aromatic carbocycles. The van der Waals surface area contributed by atoms with Crippen LogP contribution in [0.2, 0.25) is 0 Å². The van der Waals surface area contributed by atoms with E-state index in [0.717, 1.165) is 81.4 Å². The molecule has 3 fully saturated rings. The summed E-state index contributed by atoms with van der Waals surface area (Å²) < 4.78 is 7.38. The molecule has 7 rings (SSSR count). The van der Waals surface area contributed by atoms with E-state index < -0.39 is 0 Å². The number of urea groups is 1. The molecule has 1 aliphatic carbocycles. The van der Waals surface area contributed by atoms with Gasteiger partial charge in [-0.1, -0.05) is 30.3 Å². The molecule has 0 atom stereocenters. The number of aromatic nitrogens is 5. The van der Waals surface area contributed by atoms with Gasteiger partial charge in [-0.15, -0.1) is 0 Å². The summed E-state index contributed by atoms with van der Waals surface area (Å²) in [4.78, 5) is 32.0. The van der Waals surface area contributed by atoms with Gasteiger partial charge in [0.1, 0.15) is 17.5 Å². The molecule has 2 saturated heterocycles. The molecular weight excluding hydrogens is 592 g/mol. The van der Waals surface area contributed by atoms with Crippen LogP contribution in [-0.2, 0) is 18.3 Å². The number of carbonyl (C=O) groups excluding carboxylic acids is 1. The Morgan fingerprint density at radius 1 is 1.02 bits per heavy atom. The first-order valence-corrected chi connectivity index (χ1v) is 16.5. The van der Waals surface area contributed by atoms with Crippen LogP contribution >= 0.6 is 0 Å². The summed E-state index contributed by atoms with van der Waals surface area (Å²) in [6.45, 7) is 2.80. The average Bonchev–Trinajstić information content (AvgIpc) is 3.55. The molecule has 12 heteroatoms. The number of benzene rings is 1. The van der Waals surface area contributed by atoms with Gasteiger partial charge >= 0.3 is 6.03 Å². The average molecular weight is 633 g/mol. The molecule has 4 aromatic rings. The van der Waals surface area contributed by atoms with Crippen LogP contribution in [0.4, 0.5) is 22.4 Å². The zero-order chi connectivity index (χ0) is 32.2. The summed E-state index contributed by atoms with van der Waals surface area (Å²) in [6.07, 6.45) is 13.5. The number of ether oxygens (including phenoxy) is 1. The van der Waals surface area contributed by atoms with Crippen LogP contribution in [0.15, 0.2) is 67.3 Å². The lowest BCUT2D eigenvalue weighted by molar-refractivity contribution is 0.0284. The van der Waals surface area contributed by atoms with E-state index in [0.29, 0.717) is 29.7 Å². The van der Waals surface area contributed by atoms with Gasteiger partial charge in [0, 0.05) is 74.5 Å². The van der Waals surface area contributed by atoms with Crippen molar-refractivity contribution >= 4 is 23.6 Å². The van der Waals surface area contributed by atoms with Crippen LogP contribution in [0, 0.1) is 11.3 Å². The summed E-state index contributed by atoms with van der Waals surface area (Å²) >= 11 is 0. The van der Waals surface area contributed by atoms with Crippen molar-refractivity contribution in [2.45, 2.75) is 69.1 Å². The molecule has 3 aliphatic rings. The van der Waals surface area contributed by atoms with Gasteiger partial charge in [-0.3, -0.25) is 9.58 Å². The molecule has 2 N–H and O–H groups in total. The van der Waals surface area contributed by atoms with E-state index in [1.807, 2.05) is 66.8 Å². The van der Waals surface area contributed by atoms with Gasteiger partial charge in [-0.2, -0.15) is 15.3 Å². The van der Waals surface area contributed by atoms with E-state index in [4.69, 9.17) is 14.7 Å². The number of hydrogen-bond donors (Lipinski definition) is 2. The molecule has 3 aromatic heterocycles. The molecule has 12 nitrogen and oxygen atoms in total. The van der Waals surface area contributed by atoms with Crippen LogP contribution in [0.1, 0.15) is 56.1 Å². The van der Waals surface area contributed by atoms with Crippen LogP contribution in [0.3, 0.4) is 0 Å². The Kier molecular flexibility index (Phi) is 8.72. The van der Waals surface area contributed by atoms with Gasteiger partial charge in [0.15, 0.2) is 5.82 Å². The van der Waals surface area contributed by atoms with Crippen LogP contribution < -0.4 is 20.4 Å². The molecule has 5 heterocycles. The van der Waals surface area contributed by atoms with Gasteiger partial charge in [0.2, 0.25) is 5.95 Å². The van der Waals surface area contributed by atoms with Crippen LogP contribution in [-0.4, -0.2) is 68.1 Å². The smallest absolute Gasteiger partial charge is 0.323 e. The third kappa shape index (κ3) is 6.49. The molecule has 0 bridgehead atoms. The van der Waals surface area contributed by atoms with Gasteiger partial charge < -0.3 is 20.3 Å². The second-order valence-corrected chi connectivity index (χ2v) is 12.8. The van der Waals surface area contributed by atoms with E-state index in [1.54, 1.807) is 17.1 Å². The zero-order valence-corrected chi connectivity index (χ0v) is 26.7. The number of nitrogens with zero attached hydrogens (tertiary/aromatic N) is 8. The normalized spacial score (nSPS) is 20.2. The number of nitriles is 1. The van der Waals surface area contributed by atoms with Crippen molar-refractivity contribution in [3.05, 3.63) is 78.4 Å². The first-order valence-electron chi connectivity index (χ1n) is 16.5. The van der Waals surface area contributed by atoms with Crippen molar-refractivity contribution in [2.24, 2.45) is 7.05 Å². The highest BCUT2D eigenvalue weighted by atomic mass is 16.5. The predicted molar refractivity (Wildman–Crippen MR) is 179 cm³/mol. The highest BCUT2D eigenvalue weighted by Gasteiger charge is 2.47. The number of aryl methyl sites for hydroxylation is 1. The number of carbonyl (C=O) groups is 1. The Morgan fingerprint density at radius 2 is 1.83 bits per heavy atom. The van der Waals surface area contributed by atoms with Crippen molar-refractivity contribution in [1.29, 1.82) is 5.26 Å². The van der Waals surface area contributed by atoms with E-state index in [1.165, 1.54) is 0 Å². The van der Waals surface area contributed by atoms with Crippen molar-refractivity contribution in [3.63, 3.8) is 0 Å². The maximum absolute atomic E-state index is 13.8. The summed E-state index contributed by atoms with van der Waals surface area (Å²) in [6, 6.07) is 16.1. The van der Waals surface area contributed by atoms with Crippen molar-refractivity contribution in [3.8, 4) is 17.2 Å². The summed E-state index contributed by atoms with van der Waals surface area (Å²) in [5.74, 6) is 1.88. The third-order valence-corrected chi connectivity index (χ3v) is 9.87. The minimum atomic E-state index is -0.163. The number of rotatable bonds is 8. The Hall–Kier alpha value is -5.02. The summed E-state index contributed by atoms with van der Waals surface area (Å²) in [5.41, 5.74) is 3.49. The van der Waals surface area contributed by atoms with E-state index in [-0.39, 0.29) is 23.7 Å². The Labute approximate surface area is 274 Å². The van der Waals surface area contributed by atoms with E-state index in [9.17, 15) is 10.1 Å². The fourth-order valence-corrected chi connectivity index (χ4v) is 7.11. The fourth-order valence-electron chi connectivity index (χ4n) is 7.11. The standard InChI is InChI=1S/C35H40N10O2/c1-43-24-28(23-40-43)26-7-12-31(37-21-26)45(34(46)39-20-25-5-3-2-4-6-25)30-10-8-29(9-11-30)41-33-38-22-27(19-36)32(42-33)44-16-13-35(44)14-17-47-18-15-35/h2-7,12,21-24,29-30H,8-11,13-18,20H2,1H3,(H,39,46)(H,38,41,42). The molecule has 0 radical (unpaired) electrons. The highest BCUT2D eigenvalue weighted by molar-refractivity contribution is 5.91. The topological polar surface area (TPSA) is 137 Å². The fraction of sp³-hybridized carbons (Fsp3) is 0.429. The maximum Gasteiger partial charge on any atom is 0.323 e. The molecule has 1 saturated carbocycles. The number of pyridine rings is 1. The second-order valence-electron chi connectivity index (χ2n) is 12.8. The Bertz CT molecular complexity index is 1720. The van der Waals surface area contributed by atoms with Crippen LogP contribution in [0.5, 0.6) is 0 Å². The highest BCUT2D eigenvalue weighted by Crippen LogP contribution is 2.43. The summed E-state index contributed by atoms with van der Waals surface area (Å²) in [5, 5.41) is 20.8. The molecule has 2 amide bonds. The number of amides is 2. The minimum Gasteiger partial charge on any atom is -0.381 e. The number of hydrogen-bond acceptors (Lipinski definition) is 9. The van der Waals surface area contributed by atoms with Gasteiger partial charge in [0.05, 0.1) is 12.4 Å². The maximum atomic E-state index is 13.8. The van der Waals surface area contributed by atoms with E-state index in [2.05, 4.69) is 31.7 Å². The van der Waals surface area contributed by atoms with Crippen LogP contribution in [0.25, 0.3) is 11.1 Å². The second kappa shape index (κ2) is 13.4. The van der Waals surface area contributed by atoms with E-state index >= 15 is 0 Å². The lowest BCUT2D eigenvalue weighted by Crippen LogP contribution is -2.63. The number of anilines is 3. The van der Waals surface area contributed by atoms with Gasteiger partial charge in [0.25, 0.3) is 0 Å². The first kappa shape index (κ1) is 30.6. The zero-order valence-electron chi connectivity index (χ0n) is 26.7. The molecule has 47 heavy (non-hydrogen) atoms. The number of nitrogens with one attached hydrogen (secondary N) is 2. The quantitative estimate of drug-likeness (QED) is 0.274. The molecule has 0 unspecified atom stereocenters. The summed E-state index contributed by atoms with van der Waals surface area (Å²) in [7, 11) is 1.89. The van der Waals surface area contributed by atoms with Crippen molar-refractivity contribution in [1.82, 2.24) is 30.0 Å². The predicted octanol–water partition coefficient (Wildman–Crippen LogP) is 5.04. The van der Waals surface area contributed by atoms with Crippen molar-refractivity contribution in [2.75, 3.05) is 34.9 Å². The van der Waals surface area contributed by atoms with Gasteiger partial charge in [-0.25, -0.2) is 14.8 Å². The third-order valence-electron chi connectivity index (χ3n) is 9.87. The largest absolute Gasteiger partial charge is 0.381 e. The first-order chi connectivity index (χ1) is 23.0. The SMILES string of the molecule is Cn1cc(-c2ccc(N(C(=O)NCc3ccccc3)C3CCC(Nc4ncc(C#N)c(N5CCC56CCOCC6)n4)CC3)nc2)cn1. The Balaban J connectivity index is 1.04. The lowest BCUT2D eigenvalue weighted by atomic mass is 9.78.